The van der Waals surface area contributed by atoms with Gasteiger partial charge >= 0.3 is 5.97 Å². The molecular formula is C18H21NO2. The molecule has 0 saturated heterocycles. The first-order valence-corrected chi connectivity index (χ1v) is 7.58. The number of nitrogens with zero attached hydrogens (tertiary/aromatic N) is 1. The molecule has 0 fully saturated rings. The summed E-state index contributed by atoms with van der Waals surface area (Å²) in [6.45, 7) is 8.25. The second-order valence-electron chi connectivity index (χ2n) is 6.39. The first-order chi connectivity index (χ1) is 9.91. The summed E-state index contributed by atoms with van der Waals surface area (Å²) in [5.74, 6) is -0.231. The van der Waals surface area contributed by atoms with Gasteiger partial charge < -0.3 is 5.11 Å². The summed E-state index contributed by atoms with van der Waals surface area (Å²) in [5.41, 5.74) is 5.33. The van der Waals surface area contributed by atoms with Crippen LogP contribution < -0.4 is 0 Å². The van der Waals surface area contributed by atoms with E-state index in [1.54, 1.807) is 0 Å². The average molecular weight is 283 g/mol. The molecule has 1 heterocycles. The summed E-state index contributed by atoms with van der Waals surface area (Å²) < 4.78 is 0. The first kappa shape index (κ1) is 14.1. The van der Waals surface area contributed by atoms with Crippen molar-refractivity contribution in [3.8, 4) is 0 Å². The summed E-state index contributed by atoms with van der Waals surface area (Å²) >= 11 is 0. The van der Waals surface area contributed by atoms with Crippen LogP contribution in [-0.4, -0.2) is 16.1 Å². The van der Waals surface area contributed by atoms with Crippen molar-refractivity contribution in [2.24, 2.45) is 0 Å². The van der Waals surface area contributed by atoms with Crippen molar-refractivity contribution >= 4 is 16.9 Å². The molecular weight excluding hydrogens is 262 g/mol. The van der Waals surface area contributed by atoms with E-state index in [1.165, 1.54) is 0 Å². The first-order valence-electron chi connectivity index (χ1n) is 7.58. The van der Waals surface area contributed by atoms with Crippen molar-refractivity contribution < 1.29 is 9.90 Å². The van der Waals surface area contributed by atoms with Crippen LogP contribution in [0, 0.1) is 13.8 Å². The van der Waals surface area contributed by atoms with Crippen molar-refractivity contribution in [1.82, 2.24) is 4.98 Å². The molecule has 2 unspecified atom stereocenters. The van der Waals surface area contributed by atoms with Crippen LogP contribution in [0.2, 0.25) is 0 Å². The minimum Gasteiger partial charge on any atom is -0.478 e. The fourth-order valence-electron chi connectivity index (χ4n) is 3.58. The van der Waals surface area contributed by atoms with Crippen LogP contribution in [0.25, 0.3) is 10.9 Å². The molecule has 0 aliphatic heterocycles. The number of rotatable bonds is 1. The number of fused-ring (bicyclic) bond motifs is 2. The van der Waals surface area contributed by atoms with E-state index >= 15 is 0 Å². The third-order valence-electron chi connectivity index (χ3n) is 4.82. The molecule has 21 heavy (non-hydrogen) atoms. The fraction of sp³-hybridized carbons (Fsp3) is 0.444. The molecule has 3 heteroatoms. The van der Waals surface area contributed by atoms with E-state index in [4.69, 9.17) is 4.98 Å². The van der Waals surface area contributed by atoms with Gasteiger partial charge in [0.15, 0.2) is 0 Å². The maximum absolute atomic E-state index is 12.0. The van der Waals surface area contributed by atoms with Crippen LogP contribution in [0.4, 0.5) is 0 Å². The lowest BCUT2D eigenvalue weighted by atomic mass is 9.77. The Bertz CT molecular complexity index is 749. The van der Waals surface area contributed by atoms with Gasteiger partial charge in [-0.1, -0.05) is 26.0 Å². The van der Waals surface area contributed by atoms with Gasteiger partial charge in [0.2, 0.25) is 0 Å². The molecule has 0 saturated carbocycles. The largest absolute Gasteiger partial charge is 0.478 e. The van der Waals surface area contributed by atoms with E-state index in [-0.39, 0.29) is 5.92 Å². The topological polar surface area (TPSA) is 50.2 Å². The van der Waals surface area contributed by atoms with Crippen molar-refractivity contribution in [1.29, 1.82) is 0 Å². The second-order valence-corrected chi connectivity index (χ2v) is 6.39. The van der Waals surface area contributed by atoms with E-state index in [9.17, 15) is 9.90 Å². The zero-order chi connectivity index (χ0) is 15.3. The Hall–Kier alpha value is -1.90. The average Bonchev–Trinajstić information content (AvgIpc) is 2.45. The Kier molecular flexibility index (Phi) is 3.23. The molecule has 0 amide bonds. The monoisotopic (exact) mass is 283 g/mol. The zero-order valence-corrected chi connectivity index (χ0v) is 13.0. The van der Waals surface area contributed by atoms with Gasteiger partial charge in [-0.2, -0.15) is 0 Å². The van der Waals surface area contributed by atoms with Crippen molar-refractivity contribution in [3.63, 3.8) is 0 Å². The molecule has 2 atom stereocenters. The van der Waals surface area contributed by atoms with Crippen molar-refractivity contribution in [2.45, 2.75) is 52.4 Å². The maximum atomic E-state index is 12.0. The summed E-state index contributed by atoms with van der Waals surface area (Å²) in [6, 6.07) is 4.02. The lowest BCUT2D eigenvalue weighted by molar-refractivity contribution is 0.0696. The Labute approximate surface area is 125 Å². The molecule has 1 N–H and O–H groups in total. The van der Waals surface area contributed by atoms with Crippen LogP contribution in [0.1, 0.15) is 71.3 Å². The van der Waals surface area contributed by atoms with E-state index < -0.39 is 5.97 Å². The minimum atomic E-state index is -0.826. The van der Waals surface area contributed by atoms with Crippen LogP contribution in [0.5, 0.6) is 0 Å². The molecule has 110 valence electrons. The van der Waals surface area contributed by atoms with Gasteiger partial charge in [-0.05, 0) is 55.2 Å². The zero-order valence-electron chi connectivity index (χ0n) is 13.0. The lowest BCUT2D eigenvalue weighted by Gasteiger charge is -2.29. The number of aromatic carboxylic acids is 1. The SMILES string of the molecule is Cc1ccc(C)c2c(C(=O)O)c3c(nc12)C(C)CCC3C. The Morgan fingerprint density at radius 3 is 2.43 bits per heavy atom. The predicted molar refractivity (Wildman–Crippen MR) is 84.2 cm³/mol. The van der Waals surface area contributed by atoms with Gasteiger partial charge in [0.05, 0.1) is 11.1 Å². The van der Waals surface area contributed by atoms with E-state index in [0.29, 0.717) is 11.5 Å². The van der Waals surface area contributed by atoms with E-state index in [0.717, 1.165) is 46.1 Å². The highest BCUT2D eigenvalue weighted by Gasteiger charge is 2.30. The van der Waals surface area contributed by atoms with Gasteiger partial charge in [-0.15, -0.1) is 0 Å². The molecule has 0 radical (unpaired) electrons. The number of hydrogen-bond donors (Lipinski definition) is 1. The van der Waals surface area contributed by atoms with Gasteiger partial charge in [-0.3, -0.25) is 4.98 Å². The maximum Gasteiger partial charge on any atom is 0.336 e. The molecule has 2 aromatic rings. The van der Waals surface area contributed by atoms with Gasteiger partial charge in [-0.25, -0.2) is 4.79 Å². The summed E-state index contributed by atoms with van der Waals surface area (Å²) in [6.07, 6.45) is 2.11. The van der Waals surface area contributed by atoms with E-state index in [1.807, 2.05) is 26.0 Å². The highest BCUT2D eigenvalue weighted by molar-refractivity contribution is 6.06. The highest BCUT2D eigenvalue weighted by Crippen LogP contribution is 2.42. The summed E-state index contributed by atoms with van der Waals surface area (Å²) in [5, 5.41) is 10.7. The van der Waals surface area contributed by atoms with Crippen molar-refractivity contribution in [2.75, 3.05) is 0 Å². The van der Waals surface area contributed by atoms with Crippen LogP contribution >= 0.6 is 0 Å². The summed E-state index contributed by atoms with van der Waals surface area (Å²) in [7, 11) is 0. The molecule has 0 spiro atoms. The molecule has 3 nitrogen and oxygen atoms in total. The van der Waals surface area contributed by atoms with Crippen LogP contribution in [0.3, 0.4) is 0 Å². The quantitative estimate of drug-likeness (QED) is 0.835. The number of carboxylic acid groups (broad SMARTS) is 1. The van der Waals surface area contributed by atoms with Gasteiger partial charge in [0.25, 0.3) is 0 Å². The Morgan fingerprint density at radius 2 is 1.76 bits per heavy atom. The van der Waals surface area contributed by atoms with Crippen molar-refractivity contribution in [3.05, 3.63) is 40.1 Å². The van der Waals surface area contributed by atoms with Crippen LogP contribution in [0.15, 0.2) is 12.1 Å². The third kappa shape index (κ3) is 2.03. The molecule has 0 bridgehead atoms. The number of carboxylic acids is 1. The predicted octanol–water partition coefficient (Wildman–Crippen LogP) is 4.55. The molecule has 1 aliphatic carbocycles. The van der Waals surface area contributed by atoms with E-state index in [2.05, 4.69) is 13.8 Å². The number of benzene rings is 1. The number of aryl methyl sites for hydroxylation is 2. The highest BCUT2D eigenvalue weighted by atomic mass is 16.4. The second kappa shape index (κ2) is 4.83. The van der Waals surface area contributed by atoms with Crippen LogP contribution in [-0.2, 0) is 0 Å². The normalized spacial score (nSPS) is 21.3. The Balaban J connectivity index is 2.53. The number of aromatic nitrogens is 1. The lowest BCUT2D eigenvalue weighted by Crippen LogP contribution is -2.19. The van der Waals surface area contributed by atoms with Gasteiger partial charge in [0, 0.05) is 11.1 Å². The van der Waals surface area contributed by atoms with Gasteiger partial charge in [0.1, 0.15) is 0 Å². The standard InChI is InChI=1S/C18H21NO2/c1-9-5-7-11(3)16-13(9)15(18(20)21)14-10(2)6-8-12(4)17(14)19-16/h5,7,10,12H,6,8H2,1-4H3,(H,20,21). The molecule has 1 aliphatic rings. The molecule has 3 rings (SSSR count). The molecule has 1 aromatic carbocycles. The number of carbonyl (C=O) groups is 1. The number of hydrogen-bond acceptors (Lipinski definition) is 2. The smallest absolute Gasteiger partial charge is 0.336 e. The summed E-state index contributed by atoms with van der Waals surface area (Å²) in [4.78, 5) is 16.9. The molecule has 1 aromatic heterocycles. The minimum absolute atomic E-state index is 0.263. The third-order valence-corrected chi connectivity index (χ3v) is 4.82. The Morgan fingerprint density at radius 1 is 1.14 bits per heavy atom. The fourth-order valence-corrected chi connectivity index (χ4v) is 3.58. The number of pyridine rings is 1.